The summed E-state index contributed by atoms with van der Waals surface area (Å²) < 4.78 is 0. The van der Waals surface area contributed by atoms with Gasteiger partial charge in [-0.2, -0.15) is 0 Å². The average Bonchev–Trinajstić information content (AvgIpc) is 2.55. The topological polar surface area (TPSA) is 52.5 Å². The van der Waals surface area contributed by atoms with E-state index in [-0.39, 0.29) is 0 Å². The van der Waals surface area contributed by atoms with Crippen LogP contribution in [0.3, 0.4) is 0 Å². The SMILES string of the molecule is CCCN1CCC(NC(=NCc2cccc(C)n2)NCC)CC1. The summed E-state index contributed by atoms with van der Waals surface area (Å²) in [5.74, 6) is 0.907. The quantitative estimate of drug-likeness (QED) is 0.624. The molecule has 1 fully saturated rings. The Kier molecular flexibility index (Phi) is 7.33. The molecule has 1 aromatic rings. The van der Waals surface area contributed by atoms with Gasteiger partial charge in [-0.3, -0.25) is 4.98 Å². The van der Waals surface area contributed by atoms with Crippen molar-refractivity contribution in [3.05, 3.63) is 29.6 Å². The third-order valence-electron chi connectivity index (χ3n) is 4.16. The number of aryl methyl sites for hydroxylation is 1. The van der Waals surface area contributed by atoms with Gasteiger partial charge in [0.25, 0.3) is 0 Å². The smallest absolute Gasteiger partial charge is 0.191 e. The molecule has 5 heteroatoms. The summed E-state index contributed by atoms with van der Waals surface area (Å²) in [5.41, 5.74) is 2.05. The molecule has 2 heterocycles. The van der Waals surface area contributed by atoms with E-state index in [1.54, 1.807) is 0 Å². The number of pyridine rings is 1. The van der Waals surface area contributed by atoms with E-state index in [9.17, 15) is 0 Å². The van der Waals surface area contributed by atoms with Crippen molar-refractivity contribution < 1.29 is 0 Å². The Labute approximate surface area is 140 Å². The zero-order valence-corrected chi connectivity index (χ0v) is 14.8. The van der Waals surface area contributed by atoms with Crippen molar-refractivity contribution in [1.82, 2.24) is 20.5 Å². The summed E-state index contributed by atoms with van der Waals surface area (Å²) in [6.45, 7) is 11.5. The van der Waals surface area contributed by atoms with Gasteiger partial charge in [0.2, 0.25) is 0 Å². The van der Waals surface area contributed by atoms with Crippen molar-refractivity contribution in [3.8, 4) is 0 Å². The molecule has 0 spiro atoms. The van der Waals surface area contributed by atoms with Gasteiger partial charge < -0.3 is 15.5 Å². The molecular weight excluding hydrogens is 286 g/mol. The maximum atomic E-state index is 4.69. The first-order valence-electron chi connectivity index (χ1n) is 8.91. The minimum atomic E-state index is 0.520. The monoisotopic (exact) mass is 317 g/mol. The highest BCUT2D eigenvalue weighted by Crippen LogP contribution is 2.10. The Hall–Kier alpha value is -1.62. The Bertz CT molecular complexity index is 492. The lowest BCUT2D eigenvalue weighted by atomic mass is 10.1. The van der Waals surface area contributed by atoms with Gasteiger partial charge in [0.05, 0.1) is 12.2 Å². The van der Waals surface area contributed by atoms with Crippen LogP contribution in [0.25, 0.3) is 0 Å². The average molecular weight is 317 g/mol. The van der Waals surface area contributed by atoms with Crippen molar-refractivity contribution in [2.45, 2.75) is 52.6 Å². The van der Waals surface area contributed by atoms with E-state index in [1.165, 1.54) is 38.9 Å². The largest absolute Gasteiger partial charge is 0.357 e. The van der Waals surface area contributed by atoms with Crippen LogP contribution in [0.4, 0.5) is 0 Å². The minimum Gasteiger partial charge on any atom is -0.357 e. The van der Waals surface area contributed by atoms with Crippen LogP contribution in [-0.4, -0.2) is 48.1 Å². The molecule has 0 aromatic carbocycles. The Morgan fingerprint density at radius 1 is 1.30 bits per heavy atom. The summed E-state index contributed by atoms with van der Waals surface area (Å²) in [6.07, 6.45) is 3.62. The fourth-order valence-electron chi connectivity index (χ4n) is 2.98. The second-order valence-corrected chi connectivity index (χ2v) is 6.23. The van der Waals surface area contributed by atoms with Crippen LogP contribution in [0.1, 0.15) is 44.5 Å². The molecule has 0 saturated carbocycles. The zero-order chi connectivity index (χ0) is 16.5. The highest BCUT2D eigenvalue weighted by molar-refractivity contribution is 5.80. The van der Waals surface area contributed by atoms with Crippen LogP contribution in [0, 0.1) is 6.92 Å². The molecule has 1 saturated heterocycles. The van der Waals surface area contributed by atoms with Gasteiger partial charge in [-0.15, -0.1) is 0 Å². The molecule has 128 valence electrons. The van der Waals surface area contributed by atoms with E-state index >= 15 is 0 Å². The van der Waals surface area contributed by atoms with Gasteiger partial charge in [0.1, 0.15) is 0 Å². The number of nitrogens with zero attached hydrogens (tertiary/aromatic N) is 3. The molecular formula is C18H31N5. The molecule has 0 bridgehead atoms. The van der Waals surface area contributed by atoms with Crippen molar-refractivity contribution in [2.24, 2.45) is 4.99 Å². The molecule has 5 nitrogen and oxygen atoms in total. The number of rotatable bonds is 6. The van der Waals surface area contributed by atoms with E-state index in [0.29, 0.717) is 12.6 Å². The number of nitrogens with one attached hydrogen (secondary N) is 2. The van der Waals surface area contributed by atoms with Crippen LogP contribution in [0.5, 0.6) is 0 Å². The Morgan fingerprint density at radius 3 is 2.74 bits per heavy atom. The summed E-state index contributed by atoms with van der Waals surface area (Å²) in [7, 11) is 0. The van der Waals surface area contributed by atoms with Gasteiger partial charge in [0, 0.05) is 31.4 Å². The second-order valence-electron chi connectivity index (χ2n) is 6.23. The van der Waals surface area contributed by atoms with E-state index < -0.39 is 0 Å². The van der Waals surface area contributed by atoms with Gasteiger partial charge in [-0.25, -0.2) is 4.99 Å². The number of guanidine groups is 1. The van der Waals surface area contributed by atoms with Crippen LogP contribution in [0.15, 0.2) is 23.2 Å². The Morgan fingerprint density at radius 2 is 2.09 bits per heavy atom. The van der Waals surface area contributed by atoms with Crippen LogP contribution >= 0.6 is 0 Å². The highest BCUT2D eigenvalue weighted by Gasteiger charge is 2.19. The summed E-state index contributed by atoms with van der Waals surface area (Å²) in [4.78, 5) is 11.8. The van der Waals surface area contributed by atoms with Crippen molar-refractivity contribution >= 4 is 5.96 Å². The fraction of sp³-hybridized carbons (Fsp3) is 0.667. The summed E-state index contributed by atoms with van der Waals surface area (Å²) >= 11 is 0. The first kappa shape index (κ1) is 17.7. The standard InChI is InChI=1S/C18H31N5/c1-4-11-23-12-9-16(10-13-23)22-18(19-5-2)20-14-17-8-6-7-15(3)21-17/h6-8,16H,4-5,9-14H2,1-3H3,(H2,19,20,22). The van der Waals surface area contributed by atoms with E-state index in [0.717, 1.165) is 23.9 Å². The van der Waals surface area contributed by atoms with E-state index in [1.807, 2.05) is 25.1 Å². The fourth-order valence-corrected chi connectivity index (χ4v) is 2.98. The Balaban J connectivity index is 1.87. The van der Waals surface area contributed by atoms with Crippen LogP contribution < -0.4 is 10.6 Å². The van der Waals surface area contributed by atoms with Gasteiger partial charge >= 0.3 is 0 Å². The maximum absolute atomic E-state index is 4.69. The van der Waals surface area contributed by atoms with Crippen LogP contribution in [0.2, 0.25) is 0 Å². The molecule has 0 atom stereocenters. The normalized spacial score (nSPS) is 17.3. The first-order chi connectivity index (χ1) is 11.2. The predicted molar refractivity (Wildman–Crippen MR) is 96.7 cm³/mol. The predicted octanol–water partition coefficient (Wildman–Crippen LogP) is 2.32. The third-order valence-corrected chi connectivity index (χ3v) is 4.16. The summed E-state index contributed by atoms with van der Waals surface area (Å²) in [5, 5.41) is 6.94. The maximum Gasteiger partial charge on any atom is 0.191 e. The van der Waals surface area contributed by atoms with E-state index in [2.05, 4.69) is 34.4 Å². The van der Waals surface area contributed by atoms with Gasteiger partial charge in [0.15, 0.2) is 5.96 Å². The number of hydrogen-bond acceptors (Lipinski definition) is 3. The first-order valence-corrected chi connectivity index (χ1v) is 8.91. The second kappa shape index (κ2) is 9.50. The highest BCUT2D eigenvalue weighted by atomic mass is 15.2. The summed E-state index contributed by atoms with van der Waals surface area (Å²) in [6, 6.07) is 6.60. The van der Waals surface area contributed by atoms with Gasteiger partial charge in [-0.05, 0) is 51.8 Å². The zero-order valence-electron chi connectivity index (χ0n) is 14.8. The molecule has 23 heavy (non-hydrogen) atoms. The minimum absolute atomic E-state index is 0.520. The van der Waals surface area contributed by atoms with Crippen molar-refractivity contribution in [1.29, 1.82) is 0 Å². The molecule has 0 amide bonds. The molecule has 0 radical (unpaired) electrons. The molecule has 0 aliphatic carbocycles. The number of aromatic nitrogens is 1. The number of hydrogen-bond donors (Lipinski definition) is 2. The van der Waals surface area contributed by atoms with Crippen LogP contribution in [-0.2, 0) is 6.54 Å². The molecule has 1 aliphatic rings. The molecule has 1 aliphatic heterocycles. The molecule has 2 N–H and O–H groups in total. The number of piperidine rings is 1. The molecule has 1 aromatic heterocycles. The van der Waals surface area contributed by atoms with Crippen molar-refractivity contribution in [2.75, 3.05) is 26.2 Å². The van der Waals surface area contributed by atoms with Crippen molar-refractivity contribution in [3.63, 3.8) is 0 Å². The number of likely N-dealkylation sites (tertiary alicyclic amines) is 1. The molecule has 0 unspecified atom stereocenters. The molecule has 2 rings (SSSR count). The lowest BCUT2D eigenvalue weighted by Gasteiger charge is -2.32. The lowest BCUT2D eigenvalue weighted by molar-refractivity contribution is 0.206. The van der Waals surface area contributed by atoms with E-state index in [4.69, 9.17) is 4.99 Å². The lowest BCUT2D eigenvalue weighted by Crippen LogP contribution is -2.48. The van der Waals surface area contributed by atoms with Gasteiger partial charge in [-0.1, -0.05) is 13.0 Å². The third kappa shape index (κ3) is 6.18. The number of aliphatic imine (C=N–C) groups is 1.